The van der Waals surface area contributed by atoms with Crippen LogP contribution in [0, 0.1) is 6.92 Å². The van der Waals surface area contributed by atoms with E-state index in [0.29, 0.717) is 0 Å². The van der Waals surface area contributed by atoms with Crippen LogP contribution >= 0.6 is 0 Å². The van der Waals surface area contributed by atoms with Gasteiger partial charge in [0.1, 0.15) is 0 Å². The maximum absolute atomic E-state index is 4.44. The van der Waals surface area contributed by atoms with Crippen molar-refractivity contribution in [2.24, 2.45) is 0 Å². The minimum Gasteiger partial charge on any atom is -0.256 e. The van der Waals surface area contributed by atoms with Crippen molar-refractivity contribution in [3.8, 4) is 16.9 Å². The quantitative estimate of drug-likeness (QED) is 0.682. The van der Waals surface area contributed by atoms with Gasteiger partial charge >= 0.3 is 0 Å². The summed E-state index contributed by atoms with van der Waals surface area (Å²) in [5.74, 6) is 0. The van der Waals surface area contributed by atoms with E-state index in [2.05, 4.69) is 17.0 Å². The highest BCUT2D eigenvalue weighted by Gasteiger charge is 2.09. The summed E-state index contributed by atoms with van der Waals surface area (Å²) >= 11 is 0. The van der Waals surface area contributed by atoms with Gasteiger partial charge in [-0.05, 0) is 31.2 Å². The molecule has 0 radical (unpaired) electrons. The molecule has 0 aliphatic rings. The fourth-order valence-corrected chi connectivity index (χ4v) is 2.01. The Kier molecular flexibility index (Phi) is 2.65. The van der Waals surface area contributed by atoms with Gasteiger partial charge in [-0.15, -0.1) is 0 Å². The van der Waals surface area contributed by atoms with Gasteiger partial charge < -0.3 is 0 Å². The summed E-state index contributed by atoms with van der Waals surface area (Å²) in [5, 5.41) is 4.44. The van der Waals surface area contributed by atoms with Gasteiger partial charge in [0.05, 0.1) is 23.3 Å². The van der Waals surface area contributed by atoms with Gasteiger partial charge in [-0.25, -0.2) is 4.68 Å². The standard InChI is InChI=1S/C15H13N3/c1-12-14(15-9-5-6-10-16-15)11-17-18(12)13-7-3-2-4-8-13/h2-11H,1H3. The van der Waals surface area contributed by atoms with Crippen molar-refractivity contribution in [1.29, 1.82) is 0 Å². The third kappa shape index (κ3) is 1.80. The van der Waals surface area contributed by atoms with Crippen LogP contribution in [0.5, 0.6) is 0 Å². The van der Waals surface area contributed by atoms with E-state index in [1.54, 1.807) is 6.20 Å². The fraction of sp³-hybridized carbons (Fsp3) is 0.0667. The molecule has 3 aromatic rings. The molecule has 2 aromatic heterocycles. The second-order valence-electron chi connectivity index (χ2n) is 4.11. The molecule has 0 fully saturated rings. The van der Waals surface area contributed by atoms with E-state index in [0.717, 1.165) is 22.6 Å². The van der Waals surface area contributed by atoms with E-state index in [1.165, 1.54) is 0 Å². The molecule has 0 unspecified atom stereocenters. The highest BCUT2D eigenvalue weighted by atomic mass is 15.3. The van der Waals surface area contributed by atoms with Crippen LogP contribution in [0.2, 0.25) is 0 Å². The predicted molar refractivity (Wildman–Crippen MR) is 71.5 cm³/mol. The molecule has 0 spiro atoms. The highest BCUT2D eigenvalue weighted by molar-refractivity contribution is 5.61. The van der Waals surface area contributed by atoms with Crippen LogP contribution in [0.4, 0.5) is 0 Å². The highest BCUT2D eigenvalue weighted by Crippen LogP contribution is 2.22. The summed E-state index contributed by atoms with van der Waals surface area (Å²) in [6.45, 7) is 2.06. The summed E-state index contributed by atoms with van der Waals surface area (Å²) in [6, 6.07) is 16.0. The number of hydrogen-bond donors (Lipinski definition) is 0. The van der Waals surface area contributed by atoms with E-state index in [9.17, 15) is 0 Å². The van der Waals surface area contributed by atoms with E-state index in [4.69, 9.17) is 0 Å². The molecule has 1 aromatic carbocycles. The molecule has 0 aliphatic heterocycles. The van der Waals surface area contributed by atoms with Gasteiger partial charge in [-0.3, -0.25) is 4.98 Å². The summed E-state index contributed by atoms with van der Waals surface area (Å²) in [5.41, 5.74) is 4.19. The van der Waals surface area contributed by atoms with Crippen molar-refractivity contribution in [1.82, 2.24) is 14.8 Å². The number of nitrogens with zero attached hydrogens (tertiary/aromatic N) is 3. The molecule has 18 heavy (non-hydrogen) atoms. The Morgan fingerprint density at radius 3 is 2.44 bits per heavy atom. The van der Waals surface area contributed by atoms with E-state index in [-0.39, 0.29) is 0 Å². The fourth-order valence-electron chi connectivity index (χ4n) is 2.01. The average molecular weight is 235 g/mol. The number of benzene rings is 1. The first-order valence-corrected chi connectivity index (χ1v) is 5.88. The third-order valence-corrected chi connectivity index (χ3v) is 2.95. The number of pyridine rings is 1. The topological polar surface area (TPSA) is 30.7 Å². The lowest BCUT2D eigenvalue weighted by molar-refractivity contribution is 0.847. The second-order valence-corrected chi connectivity index (χ2v) is 4.11. The molecule has 0 atom stereocenters. The molecule has 0 saturated carbocycles. The third-order valence-electron chi connectivity index (χ3n) is 2.95. The van der Waals surface area contributed by atoms with E-state index < -0.39 is 0 Å². The molecule has 0 amide bonds. The normalized spacial score (nSPS) is 10.5. The predicted octanol–water partition coefficient (Wildman–Crippen LogP) is 3.24. The first-order chi connectivity index (χ1) is 8.86. The Labute approximate surface area is 106 Å². The molecule has 3 heteroatoms. The van der Waals surface area contributed by atoms with E-state index in [1.807, 2.05) is 59.4 Å². The number of aromatic nitrogens is 3. The molecule has 3 nitrogen and oxygen atoms in total. The maximum atomic E-state index is 4.44. The summed E-state index contributed by atoms with van der Waals surface area (Å²) in [6.07, 6.45) is 3.67. The maximum Gasteiger partial charge on any atom is 0.0736 e. The van der Waals surface area contributed by atoms with Crippen LogP contribution in [0.1, 0.15) is 5.69 Å². The molecule has 2 heterocycles. The van der Waals surface area contributed by atoms with E-state index >= 15 is 0 Å². The van der Waals surface area contributed by atoms with Crippen LogP contribution in [0.25, 0.3) is 16.9 Å². The molecule has 0 saturated heterocycles. The van der Waals surface area contributed by atoms with Crippen LogP contribution in [-0.2, 0) is 0 Å². The molecule has 0 aliphatic carbocycles. The first kappa shape index (κ1) is 10.7. The Hall–Kier alpha value is -2.42. The largest absolute Gasteiger partial charge is 0.256 e. The van der Waals surface area contributed by atoms with Crippen molar-refractivity contribution in [2.75, 3.05) is 0 Å². The number of rotatable bonds is 2. The monoisotopic (exact) mass is 235 g/mol. The molecule has 88 valence electrons. The zero-order valence-electron chi connectivity index (χ0n) is 10.1. The smallest absolute Gasteiger partial charge is 0.0736 e. The van der Waals surface area contributed by atoms with Crippen LogP contribution < -0.4 is 0 Å². The van der Waals surface area contributed by atoms with Gasteiger partial charge in [-0.1, -0.05) is 24.3 Å². The van der Waals surface area contributed by atoms with Crippen molar-refractivity contribution in [2.45, 2.75) is 6.92 Å². The van der Waals surface area contributed by atoms with Gasteiger partial charge in [0.15, 0.2) is 0 Å². The van der Waals surface area contributed by atoms with Gasteiger partial charge in [0.25, 0.3) is 0 Å². The second kappa shape index (κ2) is 4.45. The van der Waals surface area contributed by atoms with Crippen molar-refractivity contribution in [3.63, 3.8) is 0 Å². The van der Waals surface area contributed by atoms with Crippen LogP contribution in [0.3, 0.4) is 0 Å². The Morgan fingerprint density at radius 2 is 1.72 bits per heavy atom. The Bertz CT molecular complexity index is 585. The van der Waals surface area contributed by atoms with Crippen molar-refractivity contribution < 1.29 is 0 Å². The first-order valence-electron chi connectivity index (χ1n) is 5.88. The molecule has 3 rings (SSSR count). The van der Waals surface area contributed by atoms with Crippen LogP contribution in [0.15, 0.2) is 60.9 Å². The van der Waals surface area contributed by atoms with Crippen molar-refractivity contribution in [3.05, 3.63) is 66.6 Å². The minimum atomic E-state index is 0.956. The zero-order valence-corrected chi connectivity index (χ0v) is 10.1. The van der Waals surface area contributed by atoms with Gasteiger partial charge in [-0.2, -0.15) is 5.10 Å². The number of hydrogen-bond acceptors (Lipinski definition) is 2. The molecule has 0 bridgehead atoms. The Balaban J connectivity index is 2.09. The van der Waals surface area contributed by atoms with Gasteiger partial charge in [0, 0.05) is 11.8 Å². The zero-order chi connectivity index (χ0) is 12.4. The summed E-state index contributed by atoms with van der Waals surface area (Å²) < 4.78 is 1.93. The molecule has 0 N–H and O–H groups in total. The average Bonchev–Trinajstić information content (AvgIpc) is 2.83. The molecular weight excluding hydrogens is 222 g/mol. The SMILES string of the molecule is Cc1c(-c2ccccn2)cnn1-c1ccccc1. The lowest BCUT2D eigenvalue weighted by atomic mass is 10.2. The lowest BCUT2D eigenvalue weighted by Gasteiger charge is -2.04. The summed E-state index contributed by atoms with van der Waals surface area (Å²) in [4.78, 5) is 4.36. The number of para-hydroxylation sites is 1. The summed E-state index contributed by atoms with van der Waals surface area (Å²) in [7, 11) is 0. The Morgan fingerprint density at radius 1 is 0.944 bits per heavy atom. The van der Waals surface area contributed by atoms with Crippen molar-refractivity contribution >= 4 is 0 Å². The van der Waals surface area contributed by atoms with Gasteiger partial charge in [0.2, 0.25) is 0 Å². The molecular formula is C15H13N3. The minimum absolute atomic E-state index is 0.956. The van der Waals surface area contributed by atoms with Crippen LogP contribution in [-0.4, -0.2) is 14.8 Å². The lowest BCUT2D eigenvalue weighted by Crippen LogP contribution is -1.98.